The van der Waals surface area contributed by atoms with Crippen LogP contribution in [0.25, 0.3) is 0 Å². The first-order valence-corrected chi connectivity index (χ1v) is 5.66. The molecule has 0 aliphatic carbocycles. The summed E-state index contributed by atoms with van der Waals surface area (Å²) in [5.74, 6) is -1.33. The summed E-state index contributed by atoms with van der Waals surface area (Å²) >= 11 is 0. The van der Waals surface area contributed by atoms with E-state index in [4.69, 9.17) is 4.74 Å². The summed E-state index contributed by atoms with van der Waals surface area (Å²) in [5, 5.41) is 13.1. The van der Waals surface area contributed by atoms with Gasteiger partial charge in [0.2, 0.25) is 0 Å². The van der Waals surface area contributed by atoms with Crippen LogP contribution >= 0.6 is 0 Å². The molecule has 1 amide bonds. The van der Waals surface area contributed by atoms with Crippen LogP contribution in [-0.2, 0) is 16.6 Å². The van der Waals surface area contributed by atoms with E-state index >= 15 is 0 Å². The highest BCUT2D eigenvalue weighted by atomic mass is 16.6. The molecule has 1 aromatic heterocycles. The molecule has 0 radical (unpaired) electrons. The van der Waals surface area contributed by atoms with Crippen LogP contribution < -0.4 is 5.32 Å². The van der Waals surface area contributed by atoms with Gasteiger partial charge in [-0.3, -0.25) is 4.79 Å². The van der Waals surface area contributed by atoms with Crippen LogP contribution in [-0.4, -0.2) is 34.0 Å². The first-order valence-electron chi connectivity index (χ1n) is 5.66. The summed E-state index contributed by atoms with van der Waals surface area (Å²) in [6.45, 7) is 3.36. The molecular formula is C11H15N3O5. The smallest absolute Gasteiger partial charge is 0.328 e. The molecule has 8 heteroatoms. The number of nitro groups is 1. The molecule has 0 aliphatic heterocycles. The Balaban J connectivity index is 2.79. The van der Waals surface area contributed by atoms with Crippen molar-refractivity contribution in [2.24, 2.45) is 7.05 Å². The second-order valence-corrected chi connectivity index (χ2v) is 3.84. The van der Waals surface area contributed by atoms with Crippen molar-refractivity contribution in [2.75, 3.05) is 6.61 Å². The molecule has 1 rings (SSSR count). The summed E-state index contributed by atoms with van der Waals surface area (Å²) in [4.78, 5) is 33.3. The van der Waals surface area contributed by atoms with Crippen molar-refractivity contribution in [2.45, 2.75) is 19.9 Å². The third kappa shape index (κ3) is 3.30. The first-order chi connectivity index (χ1) is 8.88. The average Bonchev–Trinajstić information content (AvgIpc) is 2.71. The lowest BCUT2D eigenvalue weighted by atomic mass is 10.3. The first kappa shape index (κ1) is 14.7. The fourth-order valence-corrected chi connectivity index (χ4v) is 1.51. The number of nitrogens with one attached hydrogen (secondary N) is 1. The quantitative estimate of drug-likeness (QED) is 0.479. The van der Waals surface area contributed by atoms with Gasteiger partial charge in [-0.15, -0.1) is 0 Å². The molecule has 1 aromatic rings. The molecule has 19 heavy (non-hydrogen) atoms. The highest BCUT2D eigenvalue weighted by Gasteiger charge is 2.24. The average molecular weight is 269 g/mol. The van der Waals surface area contributed by atoms with Crippen LogP contribution in [0.5, 0.6) is 0 Å². The van der Waals surface area contributed by atoms with Gasteiger partial charge in [0.25, 0.3) is 5.91 Å². The largest absolute Gasteiger partial charge is 0.464 e. The van der Waals surface area contributed by atoms with Gasteiger partial charge in [0.05, 0.1) is 13.7 Å². The second kappa shape index (κ2) is 5.98. The third-order valence-electron chi connectivity index (χ3n) is 2.50. The van der Waals surface area contributed by atoms with Gasteiger partial charge in [0.15, 0.2) is 5.69 Å². The number of esters is 1. The molecule has 0 saturated heterocycles. The summed E-state index contributed by atoms with van der Waals surface area (Å²) in [6.07, 6.45) is 0. The minimum Gasteiger partial charge on any atom is -0.464 e. The molecule has 0 fully saturated rings. The number of hydrogen-bond donors (Lipinski definition) is 1. The lowest BCUT2D eigenvalue weighted by Crippen LogP contribution is -2.40. The molecule has 1 N–H and O–H groups in total. The van der Waals surface area contributed by atoms with Crippen molar-refractivity contribution in [1.82, 2.24) is 9.88 Å². The van der Waals surface area contributed by atoms with Crippen molar-refractivity contribution in [3.63, 3.8) is 0 Å². The van der Waals surface area contributed by atoms with Crippen LogP contribution in [0.4, 0.5) is 5.82 Å². The van der Waals surface area contributed by atoms with E-state index in [1.807, 2.05) is 0 Å². The Hall–Kier alpha value is -2.38. The molecule has 0 bridgehead atoms. The number of amides is 1. The predicted molar refractivity (Wildman–Crippen MR) is 65.6 cm³/mol. The van der Waals surface area contributed by atoms with Gasteiger partial charge in [-0.2, -0.15) is 0 Å². The number of aromatic nitrogens is 1. The molecule has 0 saturated carbocycles. The molecular weight excluding hydrogens is 254 g/mol. The minimum atomic E-state index is -0.818. The summed E-state index contributed by atoms with van der Waals surface area (Å²) < 4.78 is 5.89. The third-order valence-corrected chi connectivity index (χ3v) is 2.50. The fraction of sp³-hybridized carbons (Fsp3) is 0.455. The van der Waals surface area contributed by atoms with Crippen LogP contribution in [0.2, 0.25) is 0 Å². The zero-order chi connectivity index (χ0) is 14.6. The highest BCUT2D eigenvalue weighted by Crippen LogP contribution is 2.14. The van der Waals surface area contributed by atoms with E-state index in [9.17, 15) is 19.7 Å². The van der Waals surface area contributed by atoms with Gasteiger partial charge in [-0.25, -0.2) is 9.36 Å². The molecule has 0 aromatic carbocycles. The molecule has 8 nitrogen and oxygen atoms in total. The van der Waals surface area contributed by atoms with Crippen LogP contribution in [0.15, 0.2) is 12.1 Å². The summed E-state index contributed by atoms with van der Waals surface area (Å²) in [5.41, 5.74) is 0.0999. The van der Waals surface area contributed by atoms with Crippen molar-refractivity contribution in [3.8, 4) is 0 Å². The standard InChI is InChI=1S/C11H15N3O5/c1-4-19-11(16)7(2)12-10(15)8-5-6-9(13(8)3)14(17)18/h5-7H,4H2,1-3H3,(H,12,15). The van der Waals surface area contributed by atoms with Crippen LogP contribution in [0.3, 0.4) is 0 Å². The van der Waals surface area contributed by atoms with E-state index in [0.717, 1.165) is 4.57 Å². The number of carbonyl (C=O) groups excluding carboxylic acids is 2. The lowest BCUT2D eigenvalue weighted by Gasteiger charge is -2.11. The number of nitrogens with zero attached hydrogens (tertiary/aromatic N) is 2. The molecule has 1 atom stereocenters. The van der Waals surface area contributed by atoms with E-state index in [1.165, 1.54) is 26.1 Å². The zero-order valence-corrected chi connectivity index (χ0v) is 10.9. The highest BCUT2D eigenvalue weighted by molar-refractivity contribution is 5.95. The Bertz CT molecular complexity index is 508. The van der Waals surface area contributed by atoms with Crippen molar-refractivity contribution >= 4 is 17.7 Å². The molecule has 104 valence electrons. The van der Waals surface area contributed by atoms with Crippen molar-refractivity contribution in [3.05, 3.63) is 27.9 Å². The minimum absolute atomic E-state index is 0.0999. The summed E-state index contributed by atoms with van der Waals surface area (Å²) in [6, 6.07) is 1.73. The van der Waals surface area contributed by atoms with Gasteiger partial charge in [0, 0.05) is 6.07 Å². The van der Waals surface area contributed by atoms with Crippen LogP contribution in [0, 0.1) is 10.1 Å². The molecule has 1 heterocycles. The van der Waals surface area contributed by atoms with Gasteiger partial charge in [0.1, 0.15) is 6.04 Å². The maximum Gasteiger partial charge on any atom is 0.328 e. The second-order valence-electron chi connectivity index (χ2n) is 3.84. The maximum atomic E-state index is 11.9. The van der Waals surface area contributed by atoms with Gasteiger partial charge in [-0.05, 0) is 24.8 Å². The predicted octanol–water partition coefficient (Wildman–Crippen LogP) is 0.615. The molecule has 1 unspecified atom stereocenters. The molecule has 0 aliphatic rings. The number of carbonyl (C=O) groups is 2. The van der Waals surface area contributed by atoms with E-state index in [-0.39, 0.29) is 18.1 Å². The number of ether oxygens (including phenoxy) is 1. The Kier molecular flexibility index (Phi) is 4.62. The summed E-state index contributed by atoms with van der Waals surface area (Å²) in [7, 11) is 1.40. The molecule has 0 spiro atoms. The number of hydrogen-bond acceptors (Lipinski definition) is 5. The monoisotopic (exact) mass is 269 g/mol. The normalized spacial score (nSPS) is 11.7. The Morgan fingerprint density at radius 2 is 2.16 bits per heavy atom. The Labute approximate surface area is 109 Å². The van der Waals surface area contributed by atoms with E-state index < -0.39 is 22.8 Å². The van der Waals surface area contributed by atoms with Crippen molar-refractivity contribution < 1.29 is 19.2 Å². The maximum absolute atomic E-state index is 11.9. The fourth-order valence-electron chi connectivity index (χ4n) is 1.51. The lowest BCUT2D eigenvalue weighted by molar-refractivity contribution is -0.391. The van der Waals surface area contributed by atoms with E-state index in [0.29, 0.717) is 0 Å². The number of rotatable bonds is 5. The Morgan fingerprint density at radius 1 is 1.53 bits per heavy atom. The van der Waals surface area contributed by atoms with E-state index in [2.05, 4.69) is 5.32 Å². The van der Waals surface area contributed by atoms with Crippen LogP contribution in [0.1, 0.15) is 24.3 Å². The topological polar surface area (TPSA) is 103 Å². The van der Waals surface area contributed by atoms with Gasteiger partial charge in [-0.1, -0.05) is 0 Å². The van der Waals surface area contributed by atoms with Crippen molar-refractivity contribution in [1.29, 1.82) is 0 Å². The van der Waals surface area contributed by atoms with Gasteiger partial charge < -0.3 is 20.2 Å². The SMILES string of the molecule is CCOC(=O)C(C)NC(=O)c1ccc([N+](=O)[O-])n1C. The Morgan fingerprint density at radius 3 is 2.63 bits per heavy atom. The van der Waals surface area contributed by atoms with Gasteiger partial charge >= 0.3 is 11.8 Å². The van der Waals surface area contributed by atoms with E-state index in [1.54, 1.807) is 6.92 Å². The zero-order valence-electron chi connectivity index (χ0n) is 10.9.